The third-order valence-corrected chi connectivity index (χ3v) is 8.45. The van der Waals surface area contributed by atoms with Gasteiger partial charge in [0, 0.05) is 11.8 Å². The molecule has 0 aromatic heterocycles. The molecule has 0 aromatic rings. The second kappa shape index (κ2) is 4.94. The zero-order valence-corrected chi connectivity index (χ0v) is 14.7. The number of hydrogen-bond acceptors (Lipinski definition) is 3. The molecule has 0 amide bonds. The molecule has 4 heteroatoms. The third-order valence-electron chi connectivity index (χ3n) is 8.45. The molecular formula is C20H28O4. The van der Waals surface area contributed by atoms with Crippen LogP contribution < -0.4 is 0 Å². The summed E-state index contributed by atoms with van der Waals surface area (Å²) in [6, 6.07) is 0. The fraction of sp³-hybridized carbons (Fsp3) is 0.800. The number of carboxylic acids is 1. The van der Waals surface area contributed by atoms with Gasteiger partial charge in [-0.05, 0) is 68.3 Å². The lowest BCUT2D eigenvalue weighted by atomic mass is 9.45. The Kier molecular flexibility index (Phi) is 3.36. The summed E-state index contributed by atoms with van der Waals surface area (Å²) in [4.78, 5) is 23.6. The highest BCUT2D eigenvalue weighted by molar-refractivity contribution is 5.91. The van der Waals surface area contributed by atoms with Crippen molar-refractivity contribution in [1.29, 1.82) is 0 Å². The van der Waals surface area contributed by atoms with Gasteiger partial charge in [0.2, 0.25) is 0 Å². The van der Waals surface area contributed by atoms with Crippen LogP contribution in [0.3, 0.4) is 0 Å². The molecule has 0 aromatic carbocycles. The smallest absolute Gasteiger partial charge is 0.307 e. The molecule has 2 unspecified atom stereocenters. The first-order valence-electron chi connectivity index (χ1n) is 9.41. The summed E-state index contributed by atoms with van der Waals surface area (Å²) >= 11 is 0. The van der Waals surface area contributed by atoms with E-state index in [1.807, 2.05) is 13.0 Å². The molecule has 4 rings (SSSR count). The van der Waals surface area contributed by atoms with Crippen molar-refractivity contribution in [2.75, 3.05) is 0 Å². The van der Waals surface area contributed by atoms with E-state index in [-0.39, 0.29) is 17.1 Å². The van der Waals surface area contributed by atoms with Crippen molar-refractivity contribution in [1.82, 2.24) is 0 Å². The SMILES string of the molecule is C[C@]12CCC(=O)C=C1CCC1C2CC[C@]2(C)[C@@H](C(=O)O)CC[C@]12O. The summed E-state index contributed by atoms with van der Waals surface area (Å²) in [5, 5.41) is 21.3. The number of rotatable bonds is 1. The van der Waals surface area contributed by atoms with Crippen molar-refractivity contribution < 1.29 is 19.8 Å². The third kappa shape index (κ3) is 1.84. The van der Waals surface area contributed by atoms with Crippen LogP contribution in [0.15, 0.2) is 11.6 Å². The summed E-state index contributed by atoms with van der Waals surface area (Å²) in [6.07, 6.45) is 8.06. The molecule has 3 fully saturated rings. The predicted octanol–water partition coefficient (Wildman–Crippen LogP) is 3.33. The lowest BCUT2D eigenvalue weighted by Crippen LogP contribution is -2.61. The fourth-order valence-corrected chi connectivity index (χ4v) is 6.92. The van der Waals surface area contributed by atoms with Gasteiger partial charge in [0.1, 0.15) is 0 Å². The van der Waals surface area contributed by atoms with E-state index in [4.69, 9.17) is 0 Å². The molecular weight excluding hydrogens is 304 g/mol. The van der Waals surface area contributed by atoms with Gasteiger partial charge in [0.25, 0.3) is 0 Å². The van der Waals surface area contributed by atoms with E-state index < -0.39 is 22.9 Å². The van der Waals surface area contributed by atoms with Crippen LogP contribution >= 0.6 is 0 Å². The van der Waals surface area contributed by atoms with Gasteiger partial charge in [0.15, 0.2) is 5.78 Å². The van der Waals surface area contributed by atoms with E-state index >= 15 is 0 Å². The van der Waals surface area contributed by atoms with Crippen LogP contribution in [0.2, 0.25) is 0 Å². The average molecular weight is 332 g/mol. The van der Waals surface area contributed by atoms with E-state index in [0.717, 1.165) is 32.1 Å². The van der Waals surface area contributed by atoms with Crippen molar-refractivity contribution in [2.45, 2.75) is 70.8 Å². The molecule has 132 valence electrons. The average Bonchev–Trinajstić information content (AvgIpc) is 2.80. The second-order valence-corrected chi connectivity index (χ2v) is 9.11. The summed E-state index contributed by atoms with van der Waals surface area (Å²) in [5.41, 5.74) is -0.0911. The van der Waals surface area contributed by atoms with E-state index in [0.29, 0.717) is 25.2 Å². The highest BCUT2D eigenvalue weighted by Gasteiger charge is 2.67. The topological polar surface area (TPSA) is 74.6 Å². The van der Waals surface area contributed by atoms with Crippen LogP contribution in [-0.4, -0.2) is 27.6 Å². The number of fused-ring (bicyclic) bond motifs is 5. The fourth-order valence-electron chi connectivity index (χ4n) is 6.92. The van der Waals surface area contributed by atoms with Gasteiger partial charge >= 0.3 is 5.97 Å². The Bertz CT molecular complexity index is 638. The lowest BCUT2D eigenvalue weighted by molar-refractivity contribution is -0.190. The quantitative estimate of drug-likeness (QED) is 0.772. The monoisotopic (exact) mass is 332 g/mol. The lowest BCUT2D eigenvalue weighted by Gasteiger charge is -2.61. The number of aliphatic hydroxyl groups is 1. The van der Waals surface area contributed by atoms with E-state index in [2.05, 4.69) is 6.92 Å². The number of carboxylic acid groups (broad SMARTS) is 1. The number of hydrogen-bond donors (Lipinski definition) is 2. The van der Waals surface area contributed by atoms with Crippen LogP contribution in [0, 0.1) is 28.6 Å². The maximum absolute atomic E-state index is 11.8. The Hall–Kier alpha value is -1.16. The first-order valence-corrected chi connectivity index (χ1v) is 9.41. The Morgan fingerprint density at radius 3 is 2.54 bits per heavy atom. The van der Waals surface area contributed by atoms with Gasteiger partial charge in [0.05, 0.1) is 11.5 Å². The number of aliphatic carboxylic acids is 1. The van der Waals surface area contributed by atoms with Gasteiger partial charge in [-0.2, -0.15) is 0 Å². The first-order chi connectivity index (χ1) is 11.2. The minimum Gasteiger partial charge on any atom is -0.481 e. The summed E-state index contributed by atoms with van der Waals surface area (Å²) in [6.45, 7) is 4.28. The van der Waals surface area contributed by atoms with Gasteiger partial charge in [-0.3, -0.25) is 9.59 Å². The largest absolute Gasteiger partial charge is 0.481 e. The van der Waals surface area contributed by atoms with Crippen LogP contribution in [0.1, 0.15) is 65.2 Å². The van der Waals surface area contributed by atoms with Gasteiger partial charge in [-0.15, -0.1) is 0 Å². The van der Waals surface area contributed by atoms with Crippen LogP contribution in [0.5, 0.6) is 0 Å². The molecule has 4 nitrogen and oxygen atoms in total. The Morgan fingerprint density at radius 1 is 1.08 bits per heavy atom. The van der Waals surface area contributed by atoms with Crippen molar-refractivity contribution in [3.63, 3.8) is 0 Å². The Balaban J connectivity index is 1.73. The number of ketones is 1. The maximum atomic E-state index is 11.8. The molecule has 4 aliphatic carbocycles. The van der Waals surface area contributed by atoms with Crippen LogP contribution in [-0.2, 0) is 9.59 Å². The second-order valence-electron chi connectivity index (χ2n) is 9.11. The van der Waals surface area contributed by atoms with Crippen molar-refractivity contribution >= 4 is 11.8 Å². The number of allylic oxidation sites excluding steroid dienone is 1. The van der Waals surface area contributed by atoms with Gasteiger partial charge in [-0.25, -0.2) is 0 Å². The number of carbonyl (C=O) groups is 2. The zero-order chi connectivity index (χ0) is 17.3. The summed E-state index contributed by atoms with van der Waals surface area (Å²) < 4.78 is 0. The molecule has 4 aliphatic rings. The van der Waals surface area contributed by atoms with E-state index in [1.165, 1.54) is 5.57 Å². The highest BCUT2D eigenvalue weighted by Crippen LogP contribution is 2.68. The summed E-state index contributed by atoms with van der Waals surface area (Å²) in [7, 11) is 0. The minimum absolute atomic E-state index is 0.00912. The normalized spacial score (nSPS) is 50.5. The van der Waals surface area contributed by atoms with Crippen LogP contribution in [0.4, 0.5) is 0 Å². The van der Waals surface area contributed by atoms with Crippen molar-refractivity contribution in [3.05, 3.63) is 11.6 Å². The van der Waals surface area contributed by atoms with E-state index in [9.17, 15) is 19.8 Å². The molecule has 6 atom stereocenters. The number of carbonyl (C=O) groups excluding carboxylic acids is 1. The molecule has 24 heavy (non-hydrogen) atoms. The maximum Gasteiger partial charge on any atom is 0.307 e. The Morgan fingerprint density at radius 2 is 1.83 bits per heavy atom. The molecule has 0 bridgehead atoms. The predicted molar refractivity (Wildman–Crippen MR) is 89.3 cm³/mol. The molecule has 2 N–H and O–H groups in total. The summed E-state index contributed by atoms with van der Waals surface area (Å²) in [5.74, 6) is -0.405. The minimum atomic E-state index is -0.866. The zero-order valence-electron chi connectivity index (χ0n) is 14.7. The molecule has 0 radical (unpaired) electrons. The molecule has 0 saturated heterocycles. The van der Waals surface area contributed by atoms with Gasteiger partial charge < -0.3 is 10.2 Å². The first kappa shape index (κ1) is 16.3. The molecule has 0 spiro atoms. The Labute approximate surface area is 143 Å². The van der Waals surface area contributed by atoms with Crippen LogP contribution in [0.25, 0.3) is 0 Å². The molecule has 0 aliphatic heterocycles. The van der Waals surface area contributed by atoms with Crippen molar-refractivity contribution in [2.24, 2.45) is 28.6 Å². The van der Waals surface area contributed by atoms with Crippen molar-refractivity contribution in [3.8, 4) is 0 Å². The van der Waals surface area contributed by atoms with Gasteiger partial charge in [-0.1, -0.05) is 19.4 Å². The standard InChI is InChI=1S/C20H28O4/c1-18-8-5-13(21)11-12(18)3-4-15-14(18)6-9-19(2)16(17(22)23)7-10-20(15,19)24/h11,14-16,24H,3-10H2,1-2H3,(H,22,23)/t14?,15?,16-,18+,19-,20+/m1/s1. The van der Waals surface area contributed by atoms with E-state index in [1.54, 1.807) is 0 Å². The molecule has 0 heterocycles. The molecule has 3 saturated carbocycles. The highest BCUT2D eigenvalue weighted by atomic mass is 16.4.